The van der Waals surface area contributed by atoms with Gasteiger partial charge in [-0.25, -0.2) is 14.2 Å². The van der Waals surface area contributed by atoms with Crippen molar-refractivity contribution >= 4 is 27.6 Å². The van der Waals surface area contributed by atoms with E-state index < -0.39 is 5.97 Å². The second kappa shape index (κ2) is 8.83. The molecule has 5 aromatic rings. The molecule has 34 heavy (non-hydrogen) atoms. The third-order valence-corrected chi connectivity index (χ3v) is 5.73. The minimum atomic E-state index is -1.03. The van der Waals surface area contributed by atoms with Crippen LogP contribution in [0.25, 0.3) is 32.9 Å². The van der Waals surface area contributed by atoms with E-state index in [-0.39, 0.29) is 18.0 Å². The van der Waals surface area contributed by atoms with E-state index in [0.29, 0.717) is 39.2 Å². The number of pyridine rings is 1. The van der Waals surface area contributed by atoms with Crippen LogP contribution in [0.15, 0.2) is 84.9 Å². The van der Waals surface area contributed by atoms with Crippen LogP contribution in [0.1, 0.15) is 15.9 Å². The molecule has 0 spiro atoms. The fraction of sp³-hybridized carbons (Fsp3) is 0.0714. The summed E-state index contributed by atoms with van der Waals surface area (Å²) in [6.07, 6.45) is 0. The number of hydrogen-bond donors (Lipinski definition) is 1. The Kier molecular flexibility index (Phi) is 5.55. The van der Waals surface area contributed by atoms with Gasteiger partial charge >= 0.3 is 5.97 Å². The quantitative estimate of drug-likeness (QED) is 0.298. The SMILES string of the molecule is COc1cc(-c2cc(C(=O)O)c3c(ccc4ccccc43)n2)ccc1OCc1ccccc1F. The number of carboxylic acids is 1. The van der Waals surface area contributed by atoms with Crippen LogP contribution in [-0.2, 0) is 6.61 Å². The highest BCUT2D eigenvalue weighted by atomic mass is 19.1. The van der Waals surface area contributed by atoms with E-state index in [1.807, 2.05) is 36.4 Å². The minimum absolute atomic E-state index is 0.0485. The zero-order chi connectivity index (χ0) is 23.7. The highest BCUT2D eigenvalue weighted by molar-refractivity contribution is 6.15. The molecule has 0 unspecified atom stereocenters. The number of methoxy groups -OCH3 is 1. The van der Waals surface area contributed by atoms with E-state index in [1.165, 1.54) is 13.2 Å². The number of aromatic carboxylic acids is 1. The van der Waals surface area contributed by atoms with Crippen LogP contribution in [-0.4, -0.2) is 23.2 Å². The van der Waals surface area contributed by atoms with Gasteiger partial charge in [0, 0.05) is 16.5 Å². The van der Waals surface area contributed by atoms with Crippen molar-refractivity contribution in [2.45, 2.75) is 6.61 Å². The molecular weight excluding hydrogens is 433 g/mol. The number of rotatable bonds is 6. The molecule has 0 radical (unpaired) electrons. The summed E-state index contributed by atoms with van der Waals surface area (Å²) < 4.78 is 25.2. The average Bonchev–Trinajstić information content (AvgIpc) is 2.87. The van der Waals surface area contributed by atoms with Crippen molar-refractivity contribution in [1.82, 2.24) is 4.98 Å². The van der Waals surface area contributed by atoms with Crippen molar-refractivity contribution in [3.05, 3.63) is 102 Å². The van der Waals surface area contributed by atoms with E-state index in [4.69, 9.17) is 14.5 Å². The van der Waals surface area contributed by atoms with Crippen molar-refractivity contribution in [2.75, 3.05) is 7.11 Å². The summed E-state index contributed by atoms with van der Waals surface area (Å²) in [5.41, 5.74) is 2.37. The average molecular weight is 453 g/mol. The summed E-state index contributed by atoms with van der Waals surface area (Å²) >= 11 is 0. The van der Waals surface area contributed by atoms with Gasteiger partial charge in [-0.3, -0.25) is 0 Å². The maximum Gasteiger partial charge on any atom is 0.336 e. The standard InChI is InChI=1S/C28H20FNO4/c1-33-26-14-18(11-13-25(26)34-16-19-7-3-5-9-22(19)29)24-15-21(28(31)32)27-20-8-4-2-6-17(20)10-12-23(27)30-24/h2-15H,16H2,1H3,(H,31,32). The number of benzene rings is 4. The van der Waals surface area contributed by atoms with Crippen molar-refractivity contribution in [1.29, 1.82) is 0 Å². The van der Waals surface area contributed by atoms with E-state index in [2.05, 4.69) is 0 Å². The van der Waals surface area contributed by atoms with Crippen molar-refractivity contribution in [3.8, 4) is 22.8 Å². The zero-order valence-corrected chi connectivity index (χ0v) is 18.3. The molecule has 1 aromatic heterocycles. The Morgan fingerprint density at radius 3 is 2.53 bits per heavy atom. The number of ether oxygens (including phenoxy) is 2. The number of nitrogens with zero attached hydrogens (tertiary/aromatic N) is 1. The summed E-state index contributed by atoms with van der Waals surface area (Å²) in [4.78, 5) is 16.9. The van der Waals surface area contributed by atoms with Crippen molar-refractivity contribution in [2.24, 2.45) is 0 Å². The molecule has 1 N–H and O–H groups in total. The maximum absolute atomic E-state index is 13.9. The summed E-state index contributed by atoms with van der Waals surface area (Å²) in [7, 11) is 1.51. The molecule has 1 heterocycles. The van der Waals surface area contributed by atoms with Gasteiger partial charge in [-0.1, -0.05) is 48.5 Å². The predicted molar refractivity (Wildman–Crippen MR) is 129 cm³/mol. The molecule has 0 bridgehead atoms. The number of carbonyl (C=O) groups is 1. The Morgan fingerprint density at radius 2 is 1.74 bits per heavy atom. The minimum Gasteiger partial charge on any atom is -0.493 e. The van der Waals surface area contributed by atoms with Gasteiger partial charge in [-0.15, -0.1) is 0 Å². The summed E-state index contributed by atoms with van der Waals surface area (Å²) in [5, 5.41) is 12.3. The molecule has 0 atom stereocenters. The summed E-state index contributed by atoms with van der Waals surface area (Å²) in [6, 6.07) is 24.6. The number of hydrogen-bond acceptors (Lipinski definition) is 4. The lowest BCUT2D eigenvalue weighted by molar-refractivity contribution is 0.0699. The maximum atomic E-state index is 13.9. The second-order valence-electron chi connectivity index (χ2n) is 7.79. The molecule has 0 amide bonds. The van der Waals surface area contributed by atoms with Gasteiger partial charge in [-0.2, -0.15) is 0 Å². The van der Waals surface area contributed by atoms with Crippen molar-refractivity contribution in [3.63, 3.8) is 0 Å². The molecule has 6 heteroatoms. The summed E-state index contributed by atoms with van der Waals surface area (Å²) in [5.74, 6) is -0.486. The fourth-order valence-corrected chi connectivity index (χ4v) is 4.04. The Labute approximate surface area is 195 Å². The highest BCUT2D eigenvalue weighted by Crippen LogP contribution is 2.35. The Morgan fingerprint density at radius 1 is 0.941 bits per heavy atom. The van der Waals surface area contributed by atoms with Crippen LogP contribution in [0, 0.1) is 5.82 Å². The molecule has 5 rings (SSSR count). The van der Waals surface area contributed by atoms with Crippen LogP contribution in [0.4, 0.5) is 4.39 Å². The molecule has 0 aliphatic rings. The monoisotopic (exact) mass is 453 g/mol. The highest BCUT2D eigenvalue weighted by Gasteiger charge is 2.17. The number of fused-ring (bicyclic) bond motifs is 3. The van der Waals surface area contributed by atoms with Gasteiger partial charge in [0.05, 0.1) is 23.9 Å². The molecule has 0 fully saturated rings. The molecule has 0 saturated carbocycles. The molecule has 5 nitrogen and oxygen atoms in total. The molecule has 4 aromatic carbocycles. The number of carboxylic acid groups (broad SMARTS) is 1. The van der Waals surface area contributed by atoms with E-state index in [0.717, 1.165) is 10.8 Å². The molecule has 0 aliphatic heterocycles. The first-order chi connectivity index (χ1) is 16.5. The molecule has 168 valence electrons. The smallest absolute Gasteiger partial charge is 0.336 e. The van der Waals surface area contributed by atoms with Crippen LogP contribution < -0.4 is 9.47 Å². The number of aromatic nitrogens is 1. The third-order valence-electron chi connectivity index (χ3n) is 5.73. The van der Waals surface area contributed by atoms with Crippen LogP contribution >= 0.6 is 0 Å². The van der Waals surface area contributed by atoms with E-state index >= 15 is 0 Å². The zero-order valence-electron chi connectivity index (χ0n) is 18.3. The topological polar surface area (TPSA) is 68.7 Å². The fourth-order valence-electron chi connectivity index (χ4n) is 4.04. The first-order valence-corrected chi connectivity index (χ1v) is 10.7. The normalized spacial score (nSPS) is 11.0. The Hall–Kier alpha value is -4.45. The Balaban J connectivity index is 1.56. The van der Waals surface area contributed by atoms with Gasteiger partial charge in [-0.05, 0) is 47.2 Å². The van der Waals surface area contributed by atoms with Gasteiger partial charge in [0.25, 0.3) is 0 Å². The predicted octanol–water partition coefficient (Wildman–Crippen LogP) is 6.48. The van der Waals surface area contributed by atoms with Gasteiger partial charge in [0.2, 0.25) is 0 Å². The van der Waals surface area contributed by atoms with Gasteiger partial charge < -0.3 is 14.6 Å². The van der Waals surface area contributed by atoms with E-state index in [9.17, 15) is 14.3 Å². The molecule has 0 aliphatic carbocycles. The van der Waals surface area contributed by atoms with Crippen molar-refractivity contribution < 1.29 is 23.8 Å². The first kappa shape index (κ1) is 21.4. The van der Waals surface area contributed by atoms with E-state index in [1.54, 1.807) is 42.5 Å². The largest absolute Gasteiger partial charge is 0.493 e. The van der Waals surface area contributed by atoms with Gasteiger partial charge in [0.1, 0.15) is 12.4 Å². The van der Waals surface area contributed by atoms with Crippen LogP contribution in [0.5, 0.6) is 11.5 Å². The second-order valence-corrected chi connectivity index (χ2v) is 7.79. The lowest BCUT2D eigenvalue weighted by Gasteiger charge is -2.14. The number of halogens is 1. The van der Waals surface area contributed by atoms with Crippen LogP contribution in [0.3, 0.4) is 0 Å². The van der Waals surface area contributed by atoms with Gasteiger partial charge in [0.15, 0.2) is 11.5 Å². The third kappa shape index (κ3) is 3.90. The van der Waals surface area contributed by atoms with Crippen LogP contribution in [0.2, 0.25) is 0 Å². The summed E-state index contributed by atoms with van der Waals surface area (Å²) in [6.45, 7) is 0.0485. The molecule has 0 saturated heterocycles. The first-order valence-electron chi connectivity index (χ1n) is 10.7. The molecular formula is C28H20FNO4. The lowest BCUT2D eigenvalue weighted by atomic mass is 9.98. The Bertz CT molecular complexity index is 1550. The lowest BCUT2D eigenvalue weighted by Crippen LogP contribution is -2.02.